The summed E-state index contributed by atoms with van der Waals surface area (Å²) in [5.74, 6) is 0.900. The number of ether oxygens (including phenoxy) is 1. The third-order valence-electron chi connectivity index (χ3n) is 4.27. The van der Waals surface area contributed by atoms with Crippen molar-refractivity contribution in [3.05, 3.63) is 59.4 Å². The standard InChI is InChI=1S/C20H25N3O/c1-15-11-16(2)23(22-15)10-4-9-21-14-17-5-6-19-13-20(24-3)8-7-18(19)12-17/h5-8,11-13,21H,4,9-10,14H2,1-3H3. The highest BCUT2D eigenvalue weighted by Crippen LogP contribution is 2.21. The summed E-state index contributed by atoms with van der Waals surface area (Å²) < 4.78 is 7.35. The van der Waals surface area contributed by atoms with Gasteiger partial charge in [0.1, 0.15) is 5.75 Å². The van der Waals surface area contributed by atoms with Crippen molar-refractivity contribution in [2.45, 2.75) is 33.4 Å². The second-order valence-electron chi connectivity index (χ2n) is 6.23. The first-order valence-electron chi connectivity index (χ1n) is 8.44. The fourth-order valence-electron chi connectivity index (χ4n) is 3.00. The van der Waals surface area contributed by atoms with Gasteiger partial charge in [0.2, 0.25) is 0 Å². The van der Waals surface area contributed by atoms with Crippen LogP contribution in [0.15, 0.2) is 42.5 Å². The quantitative estimate of drug-likeness (QED) is 0.671. The molecular weight excluding hydrogens is 298 g/mol. The Morgan fingerprint density at radius 3 is 2.58 bits per heavy atom. The van der Waals surface area contributed by atoms with Gasteiger partial charge in [-0.05, 0) is 67.4 Å². The Balaban J connectivity index is 1.49. The molecule has 0 unspecified atom stereocenters. The fraction of sp³-hybridized carbons (Fsp3) is 0.350. The van der Waals surface area contributed by atoms with Crippen LogP contribution in [0, 0.1) is 13.8 Å². The van der Waals surface area contributed by atoms with Gasteiger partial charge in [0.25, 0.3) is 0 Å². The molecule has 0 bridgehead atoms. The van der Waals surface area contributed by atoms with Gasteiger partial charge in [-0.25, -0.2) is 0 Å². The second-order valence-corrected chi connectivity index (χ2v) is 6.23. The molecule has 0 amide bonds. The molecule has 0 aliphatic rings. The zero-order valence-electron chi connectivity index (χ0n) is 14.7. The molecule has 3 aromatic rings. The zero-order chi connectivity index (χ0) is 16.9. The van der Waals surface area contributed by atoms with Crippen molar-refractivity contribution >= 4 is 10.8 Å². The van der Waals surface area contributed by atoms with Crippen LogP contribution < -0.4 is 10.1 Å². The van der Waals surface area contributed by atoms with E-state index < -0.39 is 0 Å². The SMILES string of the molecule is COc1ccc2cc(CNCCCn3nc(C)cc3C)ccc2c1. The molecule has 1 aromatic heterocycles. The summed E-state index contributed by atoms with van der Waals surface area (Å²) in [6, 6.07) is 14.9. The van der Waals surface area contributed by atoms with Crippen molar-refractivity contribution in [2.24, 2.45) is 0 Å². The van der Waals surface area contributed by atoms with Gasteiger partial charge in [-0.1, -0.05) is 18.2 Å². The van der Waals surface area contributed by atoms with E-state index in [4.69, 9.17) is 4.74 Å². The minimum absolute atomic E-state index is 0.888. The lowest BCUT2D eigenvalue weighted by atomic mass is 10.1. The van der Waals surface area contributed by atoms with E-state index in [1.165, 1.54) is 22.0 Å². The van der Waals surface area contributed by atoms with Gasteiger partial charge in [0, 0.05) is 18.8 Å². The average Bonchev–Trinajstić information content (AvgIpc) is 2.91. The molecule has 1 N–H and O–H groups in total. The summed E-state index contributed by atoms with van der Waals surface area (Å²) >= 11 is 0. The van der Waals surface area contributed by atoms with E-state index in [-0.39, 0.29) is 0 Å². The van der Waals surface area contributed by atoms with Crippen molar-refractivity contribution in [1.82, 2.24) is 15.1 Å². The number of hydrogen-bond acceptors (Lipinski definition) is 3. The maximum absolute atomic E-state index is 5.27. The number of hydrogen-bond donors (Lipinski definition) is 1. The number of methoxy groups -OCH3 is 1. The van der Waals surface area contributed by atoms with Crippen LogP contribution in [0.2, 0.25) is 0 Å². The van der Waals surface area contributed by atoms with E-state index in [0.717, 1.165) is 37.5 Å². The van der Waals surface area contributed by atoms with Crippen LogP contribution in [0.25, 0.3) is 10.8 Å². The number of rotatable bonds is 7. The molecule has 0 saturated heterocycles. The van der Waals surface area contributed by atoms with Crippen LogP contribution in [0.4, 0.5) is 0 Å². The predicted molar refractivity (Wildman–Crippen MR) is 98.5 cm³/mol. The van der Waals surface area contributed by atoms with Crippen LogP contribution in [-0.2, 0) is 13.1 Å². The van der Waals surface area contributed by atoms with E-state index in [9.17, 15) is 0 Å². The maximum atomic E-state index is 5.27. The number of aryl methyl sites for hydroxylation is 3. The Morgan fingerprint density at radius 2 is 1.83 bits per heavy atom. The van der Waals surface area contributed by atoms with Crippen molar-refractivity contribution in [2.75, 3.05) is 13.7 Å². The Labute approximate surface area is 143 Å². The van der Waals surface area contributed by atoms with E-state index in [1.807, 2.05) is 13.0 Å². The topological polar surface area (TPSA) is 39.1 Å². The fourth-order valence-corrected chi connectivity index (χ4v) is 3.00. The second kappa shape index (κ2) is 7.49. The van der Waals surface area contributed by atoms with Crippen molar-refractivity contribution in [1.29, 1.82) is 0 Å². The Bertz CT molecular complexity index is 823. The number of benzene rings is 2. The Hall–Kier alpha value is -2.33. The molecule has 2 aromatic carbocycles. The number of nitrogens with zero attached hydrogens (tertiary/aromatic N) is 2. The highest BCUT2D eigenvalue weighted by atomic mass is 16.5. The number of aromatic nitrogens is 2. The summed E-state index contributed by atoms with van der Waals surface area (Å²) in [6.45, 7) is 6.98. The molecule has 0 fully saturated rings. The van der Waals surface area contributed by atoms with Gasteiger partial charge in [-0.3, -0.25) is 4.68 Å². The molecule has 24 heavy (non-hydrogen) atoms. The maximum Gasteiger partial charge on any atom is 0.119 e. The Morgan fingerprint density at radius 1 is 1.04 bits per heavy atom. The molecule has 4 nitrogen and oxygen atoms in total. The minimum Gasteiger partial charge on any atom is -0.497 e. The third kappa shape index (κ3) is 3.95. The van der Waals surface area contributed by atoms with E-state index >= 15 is 0 Å². The third-order valence-corrected chi connectivity index (χ3v) is 4.27. The van der Waals surface area contributed by atoms with Gasteiger partial charge < -0.3 is 10.1 Å². The first-order valence-corrected chi connectivity index (χ1v) is 8.44. The molecule has 0 saturated carbocycles. The summed E-state index contributed by atoms with van der Waals surface area (Å²) in [7, 11) is 1.70. The van der Waals surface area contributed by atoms with Crippen LogP contribution in [0.1, 0.15) is 23.4 Å². The number of nitrogens with one attached hydrogen (secondary N) is 1. The minimum atomic E-state index is 0.888. The predicted octanol–water partition coefficient (Wildman–Crippen LogP) is 3.84. The molecule has 0 atom stereocenters. The summed E-state index contributed by atoms with van der Waals surface area (Å²) in [5.41, 5.74) is 3.63. The van der Waals surface area contributed by atoms with Crippen LogP contribution >= 0.6 is 0 Å². The van der Waals surface area contributed by atoms with Crippen molar-refractivity contribution < 1.29 is 4.74 Å². The molecular formula is C20H25N3O. The molecule has 126 valence electrons. The largest absolute Gasteiger partial charge is 0.497 e. The van der Waals surface area contributed by atoms with Crippen LogP contribution in [-0.4, -0.2) is 23.4 Å². The molecule has 3 rings (SSSR count). The average molecular weight is 323 g/mol. The van der Waals surface area contributed by atoms with Gasteiger partial charge in [-0.2, -0.15) is 5.10 Å². The lowest BCUT2D eigenvalue weighted by Crippen LogP contribution is -2.17. The van der Waals surface area contributed by atoms with Crippen LogP contribution in [0.5, 0.6) is 5.75 Å². The smallest absolute Gasteiger partial charge is 0.119 e. The molecule has 0 aliphatic heterocycles. The Kier molecular flexibility index (Phi) is 5.16. The zero-order valence-corrected chi connectivity index (χ0v) is 14.7. The van der Waals surface area contributed by atoms with E-state index in [2.05, 4.69) is 58.4 Å². The molecule has 4 heteroatoms. The normalized spacial score (nSPS) is 11.1. The molecule has 0 spiro atoms. The summed E-state index contributed by atoms with van der Waals surface area (Å²) in [5, 5.41) is 10.5. The van der Waals surface area contributed by atoms with Gasteiger partial charge in [0.05, 0.1) is 12.8 Å². The lowest BCUT2D eigenvalue weighted by molar-refractivity contribution is 0.415. The van der Waals surface area contributed by atoms with Crippen LogP contribution in [0.3, 0.4) is 0 Å². The lowest BCUT2D eigenvalue weighted by Gasteiger charge is -2.08. The molecule has 0 aliphatic carbocycles. The van der Waals surface area contributed by atoms with Gasteiger partial charge in [-0.15, -0.1) is 0 Å². The van der Waals surface area contributed by atoms with Gasteiger partial charge in [0.15, 0.2) is 0 Å². The summed E-state index contributed by atoms with van der Waals surface area (Å²) in [6.07, 6.45) is 1.08. The number of fused-ring (bicyclic) bond motifs is 1. The molecule has 0 radical (unpaired) electrons. The first kappa shape index (κ1) is 16.5. The van der Waals surface area contributed by atoms with Gasteiger partial charge >= 0.3 is 0 Å². The van der Waals surface area contributed by atoms with Crippen molar-refractivity contribution in [3.63, 3.8) is 0 Å². The molecule has 1 heterocycles. The highest BCUT2D eigenvalue weighted by Gasteiger charge is 2.01. The monoisotopic (exact) mass is 323 g/mol. The first-order chi connectivity index (χ1) is 11.7. The van der Waals surface area contributed by atoms with E-state index in [0.29, 0.717) is 0 Å². The van der Waals surface area contributed by atoms with E-state index in [1.54, 1.807) is 7.11 Å². The van der Waals surface area contributed by atoms with Crippen molar-refractivity contribution in [3.8, 4) is 5.75 Å². The highest BCUT2D eigenvalue weighted by molar-refractivity contribution is 5.84. The summed E-state index contributed by atoms with van der Waals surface area (Å²) in [4.78, 5) is 0.